The summed E-state index contributed by atoms with van der Waals surface area (Å²) in [7, 11) is 0. The van der Waals surface area contributed by atoms with Crippen LogP contribution in [0.3, 0.4) is 0 Å². The molecule has 0 spiro atoms. The number of ether oxygens (including phenoxy) is 1. The molecule has 110 valence electrons. The third kappa shape index (κ3) is 5.87. The number of carbonyl (C=O) groups excluding carboxylic acids is 2. The van der Waals surface area contributed by atoms with Crippen LogP contribution >= 0.6 is 0 Å². The minimum Gasteiger partial charge on any atom is -0.464 e. The molecule has 1 atom stereocenters. The van der Waals surface area contributed by atoms with E-state index in [0.29, 0.717) is 19.4 Å². The van der Waals surface area contributed by atoms with Crippen LogP contribution in [-0.2, 0) is 20.7 Å². The molecule has 4 heteroatoms. The molecule has 1 aromatic rings. The summed E-state index contributed by atoms with van der Waals surface area (Å²) in [6.45, 7) is 4.20. The molecule has 1 N–H and O–H groups in total. The van der Waals surface area contributed by atoms with Gasteiger partial charge in [0.05, 0.1) is 6.61 Å². The molecule has 0 fully saturated rings. The maximum Gasteiger partial charge on any atom is 0.328 e. The lowest BCUT2D eigenvalue weighted by molar-refractivity contribution is -0.148. The lowest BCUT2D eigenvalue weighted by Crippen LogP contribution is -2.43. The molecule has 0 aliphatic heterocycles. The second-order valence-electron chi connectivity index (χ2n) is 4.68. The fourth-order valence-corrected chi connectivity index (χ4v) is 1.76. The van der Waals surface area contributed by atoms with Crippen LogP contribution in [0.25, 0.3) is 0 Å². The van der Waals surface area contributed by atoms with Crippen LogP contribution in [0.1, 0.15) is 38.7 Å². The van der Waals surface area contributed by atoms with Crippen molar-refractivity contribution < 1.29 is 14.3 Å². The van der Waals surface area contributed by atoms with Crippen molar-refractivity contribution in [2.45, 2.75) is 45.6 Å². The summed E-state index contributed by atoms with van der Waals surface area (Å²) < 4.78 is 5.21. The Morgan fingerprint density at radius 1 is 1.20 bits per heavy atom. The summed E-state index contributed by atoms with van der Waals surface area (Å²) in [4.78, 5) is 23.6. The molecule has 0 saturated carbocycles. The van der Waals surface area contributed by atoms with Crippen LogP contribution in [-0.4, -0.2) is 24.5 Å². The van der Waals surface area contributed by atoms with Crippen LogP contribution in [0.15, 0.2) is 30.3 Å². The predicted octanol–water partition coefficient (Wildman–Crippen LogP) is 2.47. The first-order valence-corrected chi connectivity index (χ1v) is 7.17. The van der Waals surface area contributed by atoms with Gasteiger partial charge in [-0.2, -0.15) is 0 Å². The number of unbranched alkanes of at least 4 members (excludes halogenated alkanes) is 1. The van der Waals surface area contributed by atoms with E-state index in [-0.39, 0.29) is 11.9 Å². The molecule has 1 aromatic carbocycles. The van der Waals surface area contributed by atoms with Crippen LogP contribution < -0.4 is 5.32 Å². The molecule has 0 aliphatic carbocycles. The average Bonchev–Trinajstić information content (AvgIpc) is 2.47. The number of benzene rings is 1. The van der Waals surface area contributed by atoms with Crippen molar-refractivity contribution in [3.63, 3.8) is 0 Å². The molecule has 0 bridgehead atoms. The van der Waals surface area contributed by atoms with Crippen molar-refractivity contribution in [3.05, 3.63) is 35.9 Å². The number of esters is 1. The SMILES string of the molecule is CCCCOC(=O)[C@H](Cc1ccccc1)NC(=O)CC. The highest BCUT2D eigenvalue weighted by Gasteiger charge is 2.21. The van der Waals surface area contributed by atoms with Crippen molar-refractivity contribution in [1.29, 1.82) is 0 Å². The highest BCUT2D eigenvalue weighted by Crippen LogP contribution is 2.05. The number of carbonyl (C=O) groups is 2. The van der Waals surface area contributed by atoms with E-state index >= 15 is 0 Å². The van der Waals surface area contributed by atoms with E-state index in [9.17, 15) is 9.59 Å². The predicted molar refractivity (Wildman–Crippen MR) is 78.2 cm³/mol. The van der Waals surface area contributed by atoms with Gasteiger partial charge in [-0.05, 0) is 12.0 Å². The molecule has 1 rings (SSSR count). The molecule has 0 aromatic heterocycles. The number of hydrogen-bond donors (Lipinski definition) is 1. The Morgan fingerprint density at radius 3 is 2.50 bits per heavy atom. The van der Waals surface area contributed by atoms with Gasteiger partial charge in [-0.1, -0.05) is 50.6 Å². The topological polar surface area (TPSA) is 55.4 Å². The normalized spacial score (nSPS) is 11.7. The Labute approximate surface area is 120 Å². The molecule has 1 amide bonds. The zero-order chi connectivity index (χ0) is 14.8. The van der Waals surface area contributed by atoms with E-state index in [1.807, 2.05) is 37.3 Å². The number of amides is 1. The minimum atomic E-state index is -0.610. The van der Waals surface area contributed by atoms with E-state index in [0.717, 1.165) is 18.4 Å². The smallest absolute Gasteiger partial charge is 0.328 e. The first-order chi connectivity index (χ1) is 9.67. The summed E-state index contributed by atoms with van der Waals surface area (Å²) in [5, 5.41) is 2.73. The second-order valence-corrected chi connectivity index (χ2v) is 4.68. The van der Waals surface area contributed by atoms with E-state index < -0.39 is 6.04 Å². The molecular weight excluding hydrogens is 254 g/mol. The summed E-state index contributed by atoms with van der Waals surface area (Å²) in [5.41, 5.74) is 1.00. The number of hydrogen-bond acceptors (Lipinski definition) is 3. The van der Waals surface area contributed by atoms with Gasteiger partial charge in [-0.3, -0.25) is 4.79 Å². The monoisotopic (exact) mass is 277 g/mol. The quantitative estimate of drug-likeness (QED) is 0.586. The summed E-state index contributed by atoms with van der Waals surface area (Å²) >= 11 is 0. The van der Waals surface area contributed by atoms with Crippen molar-refractivity contribution in [1.82, 2.24) is 5.32 Å². The van der Waals surface area contributed by atoms with Gasteiger partial charge in [-0.25, -0.2) is 4.79 Å². The van der Waals surface area contributed by atoms with Crippen LogP contribution in [0.2, 0.25) is 0 Å². The maximum atomic E-state index is 12.0. The van der Waals surface area contributed by atoms with Crippen LogP contribution in [0.4, 0.5) is 0 Å². The Hall–Kier alpha value is -1.84. The van der Waals surface area contributed by atoms with Gasteiger partial charge in [0.25, 0.3) is 0 Å². The third-order valence-corrected chi connectivity index (χ3v) is 2.97. The lowest BCUT2D eigenvalue weighted by atomic mass is 10.1. The van der Waals surface area contributed by atoms with E-state index in [4.69, 9.17) is 4.74 Å². The third-order valence-electron chi connectivity index (χ3n) is 2.97. The first-order valence-electron chi connectivity index (χ1n) is 7.17. The second kappa shape index (κ2) is 9.13. The fraction of sp³-hybridized carbons (Fsp3) is 0.500. The molecule has 4 nitrogen and oxygen atoms in total. The number of rotatable bonds is 8. The summed E-state index contributed by atoms with van der Waals surface area (Å²) in [5.74, 6) is -0.498. The van der Waals surface area contributed by atoms with Crippen molar-refractivity contribution >= 4 is 11.9 Å². The average molecular weight is 277 g/mol. The first kappa shape index (κ1) is 16.2. The van der Waals surface area contributed by atoms with Gasteiger partial charge >= 0.3 is 5.97 Å². The lowest BCUT2D eigenvalue weighted by Gasteiger charge is -2.17. The van der Waals surface area contributed by atoms with Gasteiger partial charge in [0.15, 0.2) is 0 Å². The Balaban J connectivity index is 2.64. The molecule has 20 heavy (non-hydrogen) atoms. The molecule has 0 unspecified atom stereocenters. The maximum absolute atomic E-state index is 12.0. The Kier molecular flexibility index (Phi) is 7.40. The molecule has 0 heterocycles. The summed E-state index contributed by atoms with van der Waals surface area (Å²) in [6.07, 6.45) is 2.62. The van der Waals surface area contributed by atoms with Gasteiger partial charge in [-0.15, -0.1) is 0 Å². The van der Waals surface area contributed by atoms with E-state index in [2.05, 4.69) is 5.32 Å². The van der Waals surface area contributed by atoms with Crippen LogP contribution in [0.5, 0.6) is 0 Å². The summed E-state index contributed by atoms with van der Waals surface area (Å²) in [6, 6.07) is 9.01. The fourth-order valence-electron chi connectivity index (χ4n) is 1.76. The highest BCUT2D eigenvalue weighted by atomic mass is 16.5. The molecule has 0 radical (unpaired) electrons. The zero-order valence-corrected chi connectivity index (χ0v) is 12.2. The molecular formula is C16H23NO3. The van der Waals surface area contributed by atoms with Crippen molar-refractivity contribution in [2.75, 3.05) is 6.61 Å². The van der Waals surface area contributed by atoms with Gasteiger partial charge in [0.2, 0.25) is 5.91 Å². The van der Waals surface area contributed by atoms with Crippen LogP contribution in [0, 0.1) is 0 Å². The standard InChI is InChI=1S/C16H23NO3/c1-3-5-11-20-16(19)14(17-15(18)4-2)12-13-9-7-6-8-10-13/h6-10,14H,3-5,11-12H2,1-2H3,(H,17,18)/t14-/m0/s1. The Bertz CT molecular complexity index is 417. The zero-order valence-electron chi connectivity index (χ0n) is 12.2. The van der Waals surface area contributed by atoms with Gasteiger partial charge < -0.3 is 10.1 Å². The molecule has 0 saturated heterocycles. The van der Waals surface area contributed by atoms with E-state index in [1.54, 1.807) is 6.92 Å². The van der Waals surface area contributed by atoms with Crippen molar-refractivity contribution in [3.8, 4) is 0 Å². The van der Waals surface area contributed by atoms with Gasteiger partial charge in [0.1, 0.15) is 6.04 Å². The van der Waals surface area contributed by atoms with Gasteiger partial charge in [0, 0.05) is 12.8 Å². The largest absolute Gasteiger partial charge is 0.464 e. The van der Waals surface area contributed by atoms with E-state index in [1.165, 1.54) is 0 Å². The molecule has 0 aliphatic rings. The minimum absolute atomic E-state index is 0.140. The number of nitrogens with one attached hydrogen (secondary N) is 1. The Morgan fingerprint density at radius 2 is 1.90 bits per heavy atom. The highest BCUT2D eigenvalue weighted by molar-refractivity contribution is 5.84. The van der Waals surface area contributed by atoms with Crippen molar-refractivity contribution in [2.24, 2.45) is 0 Å².